The highest BCUT2D eigenvalue weighted by atomic mass is 32.2. The van der Waals surface area contributed by atoms with E-state index in [1.165, 1.54) is 60.0 Å². The van der Waals surface area contributed by atoms with Gasteiger partial charge >= 0.3 is 0 Å². The average Bonchev–Trinajstić information content (AvgIpc) is 3.31. The molecule has 0 aliphatic carbocycles. The molecule has 2 N–H and O–H groups in total. The summed E-state index contributed by atoms with van der Waals surface area (Å²) in [6.07, 6.45) is 2.47. The zero-order valence-electron chi connectivity index (χ0n) is 17.4. The molecule has 0 saturated carbocycles. The van der Waals surface area contributed by atoms with E-state index >= 15 is 0 Å². The van der Waals surface area contributed by atoms with E-state index in [0.29, 0.717) is 31.6 Å². The lowest BCUT2D eigenvalue weighted by atomic mass is 9.95. The number of carbonyl (C=O) groups excluding carboxylic acids is 2. The summed E-state index contributed by atoms with van der Waals surface area (Å²) >= 11 is 1.17. The molecule has 8 nitrogen and oxygen atoms in total. The van der Waals surface area contributed by atoms with Crippen molar-refractivity contribution in [1.29, 1.82) is 0 Å². The molecule has 172 valence electrons. The van der Waals surface area contributed by atoms with Gasteiger partial charge in [-0.2, -0.15) is 0 Å². The molecule has 3 aromatic rings. The first-order valence-electron chi connectivity index (χ1n) is 10.2. The molecule has 2 heterocycles. The monoisotopic (exact) mass is 488 g/mol. The topological polar surface area (TPSA) is 108 Å². The van der Waals surface area contributed by atoms with E-state index in [9.17, 15) is 22.4 Å². The molecule has 0 radical (unpaired) electrons. The summed E-state index contributed by atoms with van der Waals surface area (Å²) in [7, 11) is -3.76. The molecule has 1 aliphatic heterocycles. The van der Waals surface area contributed by atoms with Gasteiger partial charge in [0.15, 0.2) is 5.13 Å². The molecule has 1 saturated heterocycles. The molecule has 1 aromatic heterocycles. The summed E-state index contributed by atoms with van der Waals surface area (Å²) in [5.41, 5.74) is 0.767. The summed E-state index contributed by atoms with van der Waals surface area (Å²) in [6.45, 7) is 0.792. The molecule has 2 aromatic carbocycles. The van der Waals surface area contributed by atoms with Gasteiger partial charge in [0.1, 0.15) is 5.82 Å². The van der Waals surface area contributed by atoms with Gasteiger partial charge < -0.3 is 10.2 Å². The third-order valence-corrected chi connectivity index (χ3v) is 7.48. The minimum Gasteiger partial charge on any atom is -0.339 e. The summed E-state index contributed by atoms with van der Waals surface area (Å²) in [6, 6.07) is 11.4. The van der Waals surface area contributed by atoms with Gasteiger partial charge in [-0.1, -0.05) is 6.07 Å². The van der Waals surface area contributed by atoms with Crippen LogP contribution in [0.3, 0.4) is 0 Å². The predicted molar refractivity (Wildman–Crippen MR) is 123 cm³/mol. The number of hydrogen-bond acceptors (Lipinski definition) is 6. The number of rotatable bonds is 6. The van der Waals surface area contributed by atoms with E-state index in [-0.39, 0.29) is 33.3 Å². The third-order valence-electron chi connectivity index (χ3n) is 5.31. The smallest absolute Gasteiger partial charge is 0.263 e. The van der Waals surface area contributed by atoms with Crippen LogP contribution in [-0.2, 0) is 14.8 Å². The van der Waals surface area contributed by atoms with Gasteiger partial charge in [-0.3, -0.25) is 14.3 Å². The summed E-state index contributed by atoms with van der Waals surface area (Å²) in [4.78, 5) is 30.8. The van der Waals surface area contributed by atoms with Crippen molar-refractivity contribution in [2.24, 2.45) is 5.92 Å². The van der Waals surface area contributed by atoms with E-state index in [2.05, 4.69) is 15.0 Å². The highest BCUT2D eigenvalue weighted by Crippen LogP contribution is 2.23. The molecule has 0 unspecified atom stereocenters. The lowest BCUT2D eigenvalue weighted by molar-refractivity contribution is -0.121. The molecule has 1 aliphatic rings. The lowest BCUT2D eigenvalue weighted by Gasteiger charge is -2.31. The largest absolute Gasteiger partial charge is 0.339 e. The fourth-order valence-electron chi connectivity index (χ4n) is 3.56. The Balaban J connectivity index is 1.31. The fourth-order valence-corrected chi connectivity index (χ4v) is 5.35. The van der Waals surface area contributed by atoms with Crippen LogP contribution in [0.5, 0.6) is 0 Å². The molecular formula is C22H21FN4O4S2. The van der Waals surface area contributed by atoms with E-state index in [0.717, 1.165) is 0 Å². The van der Waals surface area contributed by atoms with Crippen molar-refractivity contribution in [3.63, 3.8) is 0 Å². The summed E-state index contributed by atoms with van der Waals surface area (Å²) in [5.74, 6) is -1.19. The van der Waals surface area contributed by atoms with Crippen molar-refractivity contribution >= 4 is 44.0 Å². The van der Waals surface area contributed by atoms with Crippen molar-refractivity contribution in [3.05, 3.63) is 71.5 Å². The normalized spacial score (nSPS) is 14.6. The van der Waals surface area contributed by atoms with Gasteiger partial charge in [0.05, 0.1) is 4.90 Å². The average molecular weight is 489 g/mol. The molecule has 0 spiro atoms. The molecule has 2 amide bonds. The van der Waals surface area contributed by atoms with Crippen molar-refractivity contribution in [2.45, 2.75) is 17.7 Å². The number of aromatic nitrogens is 1. The Morgan fingerprint density at radius 1 is 1.09 bits per heavy atom. The van der Waals surface area contributed by atoms with E-state index in [1.54, 1.807) is 16.3 Å². The van der Waals surface area contributed by atoms with E-state index in [1.807, 2.05) is 0 Å². The number of nitrogens with zero attached hydrogens (tertiary/aromatic N) is 2. The second kappa shape index (κ2) is 9.67. The van der Waals surface area contributed by atoms with Crippen LogP contribution >= 0.6 is 11.3 Å². The van der Waals surface area contributed by atoms with Crippen LogP contribution in [0.1, 0.15) is 23.2 Å². The fraction of sp³-hybridized carbons (Fsp3) is 0.227. The number of carbonyl (C=O) groups is 2. The second-order valence-corrected chi connectivity index (χ2v) is 10.1. The number of sulfonamides is 1. The Labute approximate surface area is 194 Å². The van der Waals surface area contributed by atoms with Crippen molar-refractivity contribution in [3.8, 4) is 0 Å². The maximum absolute atomic E-state index is 13.4. The van der Waals surface area contributed by atoms with Crippen LogP contribution in [0, 0.1) is 11.7 Å². The molecular weight excluding hydrogens is 467 g/mol. The number of anilines is 2. The maximum atomic E-state index is 13.4. The molecule has 0 atom stereocenters. The first-order chi connectivity index (χ1) is 15.8. The number of amides is 2. The van der Waals surface area contributed by atoms with Crippen LogP contribution in [0.15, 0.2) is 65.0 Å². The van der Waals surface area contributed by atoms with Crippen LogP contribution in [-0.4, -0.2) is 43.2 Å². The molecule has 1 fully saturated rings. The Kier molecular flexibility index (Phi) is 6.70. The molecule has 4 rings (SSSR count). The first-order valence-corrected chi connectivity index (χ1v) is 12.6. The highest BCUT2D eigenvalue weighted by molar-refractivity contribution is 7.93. The van der Waals surface area contributed by atoms with Gasteiger partial charge in [-0.15, -0.1) is 11.3 Å². The SMILES string of the molecule is O=C(Nc1ccc(S(=O)(=O)Nc2nccs2)cc1)C1CCN(C(=O)c2cccc(F)c2)CC1. The Morgan fingerprint density at radius 2 is 1.82 bits per heavy atom. The number of piperidine rings is 1. The van der Waals surface area contributed by atoms with Crippen LogP contribution < -0.4 is 10.0 Å². The number of nitrogens with one attached hydrogen (secondary N) is 2. The Hall–Kier alpha value is -3.31. The number of likely N-dealkylation sites (tertiary alicyclic amines) is 1. The van der Waals surface area contributed by atoms with Crippen LogP contribution in [0.2, 0.25) is 0 Å². The van der Waals surface area contributed by atoms with E-state index in [4.69, 9.17) is 0 Å². The zero-order valence-corrected chi connectivity index (χ0v) is 19.0. The van der Waals surface area contributed by atoms with Gasteiger partial charge in [0.25, 0.3) is 15.9 Å². The van der Waals surface area contributed by atoms with Gasteiger partial charge in [-0.05, 0) is 55.3 Å². The molecule has 33 heavy (non-hydrogen) atoms. The quantitative estimate of drug-likeness (QED) is 0.551. The third kappa shape index (κ3) is 5.55. The van der Waals surface area contributed by atoms with Gasteiger partial charge in [0.2, 0.25) is 5.91 Å². The minimum atomic E-state index is -3.76. The number of benzene rings is 2. The Morgan fingerprint density at radius 3 is 2.45 bits per heavy atom. The van der Waals surface area contributed by atoms with Gasteiger partial charge in [-0.25, -0.2) is 17.8 Å². The molecule has 11 heteroatoms. The number of hydrogen-bond donors (Lipinski definition) is 2. The predicted octanol–water partition coefficient (Wildman–Crippen LogP) is 3.57. The maximum Gasteiger partial charge on any atom is 0.263 e. The zero-order chi connectivity index (χ0) is 23.4. The number of halogens is 1. The van der Waals surface area contributed by atoms with Crippen molar-refractivity contribution < 1.29 is 22.4 Å². The van der Waals surface area contributed by atoms with E-state index < -0.39 is 15.8 Å². The van der Waals surface area contributed by atoms with Crippen LogP contribution in [0.4, 0.5) is 15.2 Å². The number of thiazole rings is 1. The second-order valence-electron chi connectivity index (χ2n) is 7.53. The first kappa shape index (κ1) is 22.9. The minimum absolute atomic E-state index is 0.0554. The highest BCUT2D eigenvalue weighted by Gasteiger charge is 2.28. The summed E-state index contributed by atoms with van der Waals surface area (Å²) < 4.78 is 40.6. The summed E-state index contributed by atoms with van der Waals surface area (Å²) in [5, 5.41) is 4.74. The van der Waals surface area contributed by atoms with Crippen molar-refractivity contribution in [2.75, 3.05) is 23.1 Å². The molecule has 0 bridgehead atoms. The lowest BCUT2D eigenvalue weighted by Crippen LogP contribution is -2.41. The standard InChI is InChI=1S/C22H21FN4O4S2/c23-17-3-1-2-16(14-17)21(29)27-11-8-15(9-12-27)20(28)25-18-4-6-19(7-5-18)33(30,31)26-22-24-10-13-32-22/h1-7,10,13-15H,8-9,11-12H2,(H,24,26)(H,25,28). The van der Waals surface area contributed by atoms with Crippen LogP contribution in [0.25, 0.3) is 0 Å². The van der Waals surface area contributed by atoms with Gasteiger partial charge in [0, 0.05) is 41.8 Å². The van der Waals surface area contributed by atoms with Crippen molar-refractivity contribution in [1.82, 2.24) is 9.88 Å². The Bertz CT molecular complexity index is 1240.